The van der Waals surface area contributed by atoms with Gasteiger partial charge in [0, 0.05) is 11.1 Å². The minimum atomic E-state index is 0.160. The van der Waals surface area contributed by atoms with Crippen molar-refractivity contribution in [1.82, 2.24) is 5.32 Å². The van der Waals surface area contributed by atoms with E-state index in [9.17, 15) is 0 Å². The number of hydrogen-bond donors (Lipinski definition) is 1. The molecule has 1 N–H and O–H groups in total. The number of halogens is 1. The quantitative estimate of drug-likeness (QED) is 0.827. The summed E-state index contributed by atoms with van der Waals surface area (Å²) in [6.45, 7) is 11.8. The van der Waals surface area contributed by atoms with E-state index in [1.807, 2.05) is 0 Å². The van der Waals surface area contributed by atoms with Crippen molar-refractivity contribution in [2.24, 2.45) is 5.41 Å². The Kier molecular flexibility index (Phi) is 4.40. The summed E-state index contributed by atoms with van der Waals surface area (Å²) in [5, 5.41) is 4.41. The van der Waals surface area contributed by atoms with Gasteiger partial charge in [-0.05, 0) is 30.0 Å². The van der Waals surface area contributed by atoms with Crippen LogP contribution in [0.3, 0.4) is 0 Å². The first-order valence-electron chi connectivity index (χ1n) is 5.86. The Bertz CT molecular complexity index is 352. The Balaban J connectivity index is 3.16. The number of rotatable bonds is 3. The second-order valence-corrected chi connectivity index (χ2v) is 5.71. The minimum absolute atomic E-state index is 0.160. The van der Waals surface area contributed by atoms with E-state index in [0.717, 1.165) is 17.1 Å². The Morgan fingerprint density at radius 3 is 2.44 bits per heavy atom. The molecule has 16 heavy (non-hydrogen) atoms. The summed E-state index contributed by atoms with van der Waals surface area (Å²) in [4.78, 5) is 0. The van der Waals surface area contributed by atoms with Gasteiger partial charge < -0.3 is 5.32 Å². The van der Waals surface area contributed by atoms with Crippen LogP contribution in [0.15, 0.2) is 18.2 Å². The lowest BCUT2D eigenvalue weighted by Crippen LogP contribution is -2.32. The Hall–Kier alpha value is -0.530. The molecule has 0 aliphatic heterocycles. The van der Waals surface area contributed by atoms with Crippen LogP contribution in [0.2, 0.25) is 5.02 Å². The van der Waals surface area contributed by atoms with Crippen LogP contribution in [0.5, 0.6) is 0 Å². The summed E-state index contributed by atoms with van der Waals surface area (Å²) in [5.41, 5.74) is 2.51. The van der Waals surface area contributed by atoms with Crippen LogP contribution in [-0.2, 0) is 0 Å². The highest BCUT2D eigenvalue weighted by atomic mass is 35.5. The average Bonchev–Trinajstić information content (AvgIpc) is 2.18. The highest BCUT2D eigenvalue weighted by molar-refractivity contribution is 6.32. The first-order chi connectivity index (χ1) is 7.38. The van der Waals surface area contributed by atoms with Gasteiger partial charge in [-0.2, -0.15) is 0 Å². The first kappa shape index (κ1) is 13.5. The van der Waals surface area contributed by atoms with Gasteiger partial charge in [-0.15, -0.1) is 0 Å². The summed E-state index contributed by atoms with van der Waals surface area (Å²) < 4.78 is 0. The monoisotopic (exact) mass is 239 g/mol. The molecule has 0 heterocycles. The molecule has 0 aromatic heterocycles. The van der Waals surface area contributed by atoms with Crippen molar-refractivity contribution in [3.8, 4) is 0 Å². The predicted molar refractivity (Wildman–Crippen MR) is 72.1 cm³/mol. The fraction of sp³-hybridized carbons (Fsp3) is 0.571. The molecule has 1 aromatic carbocycles. The van der Waals surface area contributed by atoms with Crippen LogP contribution in [0.25, 0.3) is 0 Å². The van der Waals surface area contributed by atoms with Crippen LogP contribution in [0.1, 0.15) is 44.9 Å². The van der Waals surface area contributed by atoms with E-state index in [1.165, 1.54) is 5.56 Å². The zero-order valence-corrected chi connectivity index (χ0v) is 11.7. The summed E-state index contributed by atoms with van der Waals surface area (Å²) >= 11 is 6.39. The van der Waals surface area contributed by atoms with Gasteiger partial charge in [0.2, 0.25) is 0 Å². The third kappa shape index (κ3) is 2.99. The molecule has 1 rings (SSSR count). The molecule has 0 amide bonds. The van der Waals surface area contributed by atoms with Crippen molar-refractivity contribution < 1.29 is 0 Å². The molecule has 2 heteroatoms. The van der Waals surface area contributed by atoms with Gasteiger partial charge in [0.05, 0.1) is 0 Å². The molecule has 0 radical (unpaired) electrons. The molecular weight excluding hydrogens is 218 g/mol. The average molecular weight is 240 g/mol. The third-order valence-corrected chi connectivity index (χ3v) is 3.32. The van der Waals surface area contributed by atoms with E-state index in [2.05, 4.69) is 58.1 Å². The van der Waals surface area contributed by atoms with Crippen molar-refractivity contribution >= 4 is 11.6 Å². The van der Waals surface area contributed by atoms with Gasteiger partial charge in [-0.25, -0.2) is 0 Å². The second-order valence-electron chi connectivity index (χ2n) is 5.33. The van der Waals surface area contributed by atoms with Crippen molar-refractivity contribution in [3.05, 3.63) is 34.3 Å². The third-order valence-electron chi connectivity index (χ3n) is 2.81. The standard InChI is InChI=1S/C14H22ClN/c1-6-16-13(14(3,4)5)11-9-7-8-10(2)12(11)15/h7-9,13,16H,6H2,1-5H3. The van der Waals surface area contributed by atoms with Crippen LogP contribution < -0.4 is 5.32 Å². The molecule has 0 saturated carbocycles. The smallest absolute Gasteiger partial charge is 0.0483 e. The number of nitrogens with one attached hydrogen (secondary N) is 1. The van der Waals surface area contributed by atoms with E-state index in [4.69, 9.17) is 11.6 Å². The lowest BCUT2D eigenvalue weighted by molar-refractivity contribution is 0.277. The molecule has 1 nitrogen and oxygen atoms in total. The minimum Gasteiger partial charge on any atom is -0.310 e. The maximum Gasteiger partial charge on any atom is 0.0483 e. The first-order valence-corrected chi connectivity index (χ1v) is 6.24. The largest absolute Gasteiger partial charge is 0.310 e. The summed E-state index contributed by atoms with van der Waals surface area (Å²) in [6, 6.07) is 6.54. The number of hydrogen-bond acceptors (Lipinski definition) is 1. The Morgan fingerprint density at radius 2 is 1.94 bits per heavy atom. The number of aryl methyl sites for hydroxylation is 1. The summed E-state index contributed by atoms with van der Waals surface area (Å²) in [5.74, 6) is 0. The molecule has 0 fully saturated rings. The molecule has 1 unspecified atom stereocenters. The zero-order valence-electron chi connectivity index (χ0n) is 10.9. The van der Waals surface area contributed by atoms with Crippen molar-refractivity contribution in [1.29, 1.82) is 0 Å². The Labute approximate surface area is 104 Å². The summed E-state index contributed by atoms with van der Waals surface area (Å²) in [7, 11) is 0. The van der Waals surface area contributed by atoms with E-state index < -0.39 is 0 Å². The fourth-order valence-electron chi connectivity index (χ4n) is 1.98. The van der Waals surface area contributed by atoms with Gasteiger partial charge in [-0.1, -0.05) is 57.5 Å². The van der Waals surface area contributed by atoms with Gasteiger partial charge in [0.15, 0.2) is 0 Å². The van der Waals surface area contributed by atoms with Gasteiger partial charge in [0.25, 0.3) is 0 Å². The molecule has 90 valence electrons. The highest BCUT2D eigenvalue weighted by Crippen LogP contribution is 2.37. The van der Waals surface area contributed by atoms with Crippen molar-refractivity contribution in [3.63, 3.8) is 0 Å². The SMILES string of the molecule is CCNC(c1cccc(C)c1Cl)C(C)(C)C. The highest BCUT2D eigenvalue weighted by Gasteiger charge is 2.27. The van der Waals surface area contributed by atoms with E-state index in [0.29, 0.717) is 6.04 Å². The predicted octanol–water partition coefficient (Wildman–Crippen LogP) is 4.35. The Morgan fingerprint density at radius 1 is 1.31 bits per heavy atom. The van der Waals surface area contributed by atoms with E-state index in [-0.39, 0.29) is 5.41 Å². The maximum absolute atomic E-state index is 6.39. The lowest BCUT2D eigenvalue weighted by Gasteiger charge is -2.32. The molecule has 0 bridgehead atoms. The van der Waals surface area contributed by atoms with Crippen molar-refractivity contribution in [2.45, 2.75) is 40.7 Å². The molecule has 0 saturated heterocycles. The summed E-state index contributed by atoms with van der Waals surface area (Å²) in [6.07, 6.45) is 0. The maximum atomic E-state index is 6.39. The molecule has 1 aromatic rings. The van der Waals surface area contributed by atoms with Crippen LogP contribution in [-0.4, -0.2) is 6.54 Å². The lowest BCUT2D eigenvalue weighted by atomic mass is 9.82. The van der Waals surface area contributed by atoms with E-state index >= 15 is 0 Å². The molecule has 0 aliphatic rings. The molecule has 1 atom stereocenters. The van der Waals surface area contributed by atoms with Crippen LogP contribution >= 0.6 is 11.6 Å². The van der Waals surface area contributed by atoms with E-state index in [1.54, 1.807) is 0 Å². The number of benzene rings is 1. The van der Waals surface area contributed by atoms with Gasteiger partial charge in [-0.3, -0.25) is 0 Å². The topological polar surface area (TPSA) is 12.0 Å². The van der Waals surface area contributed by atoms with Crippen LogP contribution in [0, 0.1) is 12.3 Å². The molecule has 0 spiro atoms. The fourth-order valence-corrected chi connectivity index (χ4v) is 2.21. The van der Waals surface area contributed by atoms with Gasteiger partial charge in [0.1, 0.15) is 0 Å². The zero-order chi connectivity index (χ0) is 12.3. The van der Waals surface area contributed by atoms with Crippen LogP contribution in [0.4, 0.5) is 0 Å². The molecular formula is C14H22ClN. The normalized spacial score (nSPS) is 13.9. The molecule has 0 aliphatic carbocycles. The second kappa shape index (κ2) is 5.20. The van der Waals surface area contributed by atoms with Gasteiger partial charge >= 0.3 is 0 Å². The van der Waals surface area contributed by atoms with Crippen molar-refractivity contribution in [2.75, 3.05) is 6.54 Å².